The number of nitrogen functional groups attached to an aromatic ring is 1. The molecule has 1 amide bonds. The molecule has 1 aromatic rings. The molecular weight excluding hydrogens is 533 g/mol. The van der Waals surface area contributed by atoms with Crippen LogP contribution in [0.15, 0.2) is 23.0 Å². The van der Waals surface area contributed by atoms with Gasteiger partial charge in [0.2, 0.25) is 5.78 Å². The number of carbonyl (C=O) groups excluding carboxylic acids is 3. The summed E-state index contributed by atoms with van der Waals surface area (Å²) in [5.41, 5.74) is 8.00. The number of benzene rings is 1. The molecule has 0 saturated heterocycles. The molecule has 0 aromatic heterocycles. The SMILES string of the molecule is CN(C)[C@@H]1C(=O)C(C(N)=O)=C(O)[C@@]2(O)C(=O)C3=C(O)c4c(O)c(N)cc(I)c4CC3CC12. The van der Waals surface area contributed by atoms with Crippen LogP contribution in [0, 0.1) is 15.4 Å². The van der Waals surface area contributed by atoms with Crippen molar-refractivity contribution in [3.63, 3.8) is 0 Å². The van der Waals surface area contributed by atoms with Crippen molar-refractivity contribution in [3.8, 4) is 5.75 Å². The van der Waals surface area contributed by atoms with Gasteiger partial charge in [-0.1, -0.05) is 0 Å². The highest BCUT2D eigenvalue weighted by atomic mass is 127. The number of fused-ring (bicyclic) bond motifs is 3. The normalized spacial score (nSPS) is 29.7. The summed E-state index contributed by atoms with van der Waals surface area (Å²) in [7, 11) is 3.11. The maximum absolute atomic E-state index is 13.6. The highest BCUT2D eigenvalue weighted by Crippen LogP contribution is 2.53. The number of anilines is 1. The second-order valence-electron chi connectivity index (χ2n) is 8.61. The van der Waals surface area contributed by atoms with E-state index in [4.69, 9.17) is 11.5 Å². The van der Waals surface area contributed by atoms with Gasteiger partial charge in [-0.25, -0.2) is 0 Å². The molecule has 2 unspecified atom stereocenters. The first-order valence-corrected chi connectivity index (χ1v) is 10.9. The van der Waals surface area contributed by atoms with E-state index in [0.717, 1.165) is 0 Å². The van der Waals surface area contributed by atoms with Gasteiger partial charge < -0.3 is 31.9 Å². The smallest absolute Gasteiger partial charge is 0.255 e. The van der Waals surface area contributed by atoms with Gasteiger partial charge in [0.25, 0.3) is 5.91 Å². The fraction of sp³-hybridized carbons (Fsp3) is 0.381. The summed E-state index contributed by atoms with van der Waals surface area (Å²) in [6.07, 6.45) is 0.285. The Morgan fingerprint density at radius 1 is 1.25 bits per heavy atom. The molecule has 11 heteroatoms. The number of nitrogens with zero attached hydrogens (tertiary/aromatic N) is 1. The Morgan fingerprint density at radius 3 is 2.44 bits per heavy atom. The Bertz CT molecular complexity index is 1170. The number of phenols is 1. The molecule has 0 heterocycles. The average Bonchev–Trinajstić information content (AvgIpc) is 2.68. The molecule has 32 heavy (non-hydrogen) atoms. The molecule has 0 spiro atoms. The van der Waals surface area contributed by atoms with Crippen LogP contribution in [0.1, 0.15) is 17.5 Å². The zero-order valence-corrected chi connectivity index (χ0v) is 19.4. The van der Waals surface area contributed by atoms with Crippen molar-refractivity contribution in [1.29, 1.82) is 0 Å². The number of rotatable bonds is 2. The molecule has 0 radical (unpaired) electrons. The van der Waals surface area contributed by atoms with Gasteiger partial charge >= 0.3 is 0 Å². The number of Topliss-reactive ketones (excluding diaryl/α,β-unsaturated/α-hetero) is 2. The molecule has 1 fully saturated rings. The number of likely N-dealkylation sites (N-methyl/N-ethyl adjacent to an activating group) is 1. The minimum Gasteiger partial charge on any atom is -0.508 e. The van der Waals surface area contributed by atoms with Crippen molar-refractivity contribution in [2.45, 2.75) is 24.5 Å². The summed E-state index contributed by atoms with van der Waals surface area (Å²) in [6, 6.07) is 0.445. The zero-order valence-electron chi connectivity index (χ0n) is 17.2. The minimum atomic E-state index is -2.65. The van der Waals surface area contributed by atoms with E-state index >= 15 is 0 Å². The van der Waals surface area contributed by atoms with E-state index in [1.165, 1.54) is 4.90 Å². The van der Waals surface area contributed by atoms with Crippen LogP contribution in [-0.4, -0.2) is 68.5 Å². The molecule has 1 saturated carbocycles. The highest BCUT2D eigenvalue weighted by Gasteiger charge is 2.64. The molecule has 0 bridgehead atoms. The van der Waals surface area contributed by atoms with Crippen molar-refractivity contribution in [3.05, 3.63) is 37.7 Å². The summed E-state index contributed by atoms with van der Waals surface area (Å²) in [6.45, 7) is 0. The fourth-order valence-electron chi connectivity index (χ4n) is 5.29. The first-order chi connectivity index (χ1) is 14.8. The van der Waals surface area contributed by atoms with Crippen molar-refractivity contribution in [1.82, 2.24) is 4.90 Å². The van der Waals surface area contributed by atoms with Crippen LogP contribution in [0.5, 0.6) is 5.75 Å². The lowest BCUT2D eigenvalue weighted by atomic mass is 9.57. The third-order valence-electron chi connectivity index (χ3n) is 6.70. The van der Waals surface area contributed by atoms with Crippen molar-refractivity contribution >= 4 is 51.5 Å². The lowest BCUT2D eigenvalue weighted by Gasteiger charge is -2.50. The third-order valence-corrected chi connectivity index (χ3v) is 7.66. The summed E-state index contributed by atoms with van der Waals surface area (Å²) in [4.78, 5) is 40.0. The molecule has 3 aliphatic carbocycles. The number of carbonyl (C=O) groups is 3. The van der Waals surface area contributed by atoms with E-state index in [1.54, 1.807) is 20.2 Å². The second kappa shape index (κ2) is 7.18. The number of aliphatic hydroxyl groups excluding tert-OH is 2. The first kappa shape index (κ1) is 22.6. The second-order valence-corrected chi connectivity index (χ2v) is 9.77. The number of halogens is 1. The number of hydrogen-bond acceptors (Lipinski definition) is 9. The van der Waals surface area contributed by atoms with Crippen molar-refractivity contribution in [2.24, 2.45) is 17.6 Å². The van der Waals surface area contributed by atoms with Crippen LogP contribution in [0.4, 0.5) is 5.69 Å². The summed E-state index contributed by atoms with van der Waals surface area (Å²) in [5.74, 6) is -6.85. The van der Waals surface area contributed by atoms with Crippen LogP contribution in [0.3, 0.4) is 0 Å². The Hall–Kier alpha value is -2.64. The monoisotopic (exact) mass is 555 g/mol. The number of aromatic hydroxyl groups is 1. The molecule has 3 aliphatic rings. The predicted molar refractivity (Wildman–Crippen MR) is 121 cm³/mol. The number of nitrogens with two attached hydrogens (primary N) is 2. The minimum absolute atomic E-state index is 0.00768. The number of hydrogen-bond donors (Lipinski definition) is 6. The molecule has 8 N–H and O–H groups in total. The van der Waals surface area contributed by atoms with Crippen molar-refractivity contribution < 1.29 is 34.8 Å². The van der Waals surface area contributed by atoms with E-state index in [0.29, 0.717) is 9.13 Å². The van der Waals surface area contributed by atoms with E-state index in [-0.39, 0.29) is 29.7 Å². The number of amides is 1. The van der Waals surface area contributed by atoms with Gasteiger partial charge in [0.15, 0.2) is 11.4 Å². The van der Waals surface area contributed by atoms with Gasteiger partial charge in [-0.3, -0.25) is 19.3 Å². The average molecular weight is 555 g/mol. The van der Waals surface area contributed by atoms with Crippen LogP contribution in [0.2, 0.25) is 0 Å². The zero-order chi connectivity index (χ0) is 23.9. The number of phenolic OH excluding ortho intramolecular Hbond substituents is 1. The van der Waals surface area contributed by atoms with E-state index < -0.39 is 63.8 Å². The molecule has 4 atom stereocenters. The predicted octanol–water partition coefficient (Wildman–Crippen LogP) is 0.151. The van der Waals surface area contributed by atoms with Crippen LogP contribution >= 0.6 is 22.6 Å². The highest BCUT2D eigenvalue weighted by molar-refractivity contribution is 14.1. The number of aliphatic hydroxyl groups is 3. The van der Waals surface area contributed by atoms with Gasteiger partial charge in [0.1, 0.15) is 22.8 Å². The molecule has 170 valence electrons. The van der Waals surface area contributed by atoms with Crippen molar-refractivity contribution in [2.75, 3.05) is 19.8 Å². The van der Waals surface area contributed by atoms with Gasteiger partial charge in [0, 0.05) is 15.1 Å². The Morgan fingerprint density at radius 2 is 1.88 bits per heavy atom. The Balaban J connectivity index is 2.00. The fourth-order valence-corrected chi connectivity index (χ4v) is 6.11. The maximum atomic E-state index is 13.6. The van der Waals surface area contributed by atoms with E-state index in [9.17, 15) is 34.8 Å². The molecule has 4 rings (SSSR count). The quantitative estimate of drug-likeness (QED) is 0.128. The van der Waals surface area contributed by atoms with Gasteiger partial charge in [-0.15, -0.1) is 0 Å². The standard InChI is InChI=1S/C21H22IN3O7/c1-25(2)14-8-4-6-3-7-9(22)5-10(23)15(26)12(7)16(27)11(6)18(29)21(8,32)19(30)13(17(14)28)20(24)31/h5-6,8,14,26-27,30,32H,3-4,23H2,1-2H3,(H2,24,31)/t6?,8?,14-,21-/m0/s1. The maximum Gasteiger partial charge on any atom is 0.255 e. The largest absolute Gasteiger partial charge is 0.508 e. The number of primary amides is 1. The molecular formula is C21H22IN3O7. The van der Waals surface area contributed by atoms with Gasteiger partial charge in [0.05, 0.1) is 17.3 Å². The van der Waals surface area contributed by atoms with E-state index in [1.807, 2.05) is 22.6 Å². The van der Waals surface area contributed by atoms with Crippen LogP contribution in [-0.2, 0) is 20.8 Å². The lowest BCUT2D eigenvalue weighted by molar-refractivity contribution is -0.153. The van der Waals surface area contributed by atoms with Gasteiger partial charge in [-0.05, 0) is 67.1 Å². The Kier molecular flexibility index (Phi) is 5.06. The topological polar surface area (TPSA) is 187 Å². The summed E-state index contributed by atoms with van der Waals surface area (Å²) in [5, 5.41) is 43.7. The molecule has 1 aromatic carbocycles. The van der Waals surface area contributed by atoms with Crippen LogP contribution < -0.4 is 11.5 Å². The van der Waals surface area contributed by atoms with Gasteiger partial charge in [-0.2, -0.15) is 0 Å². The number of ketones is 2. The Labute approximate surface area is 196 Å². The summed E-state index contributed by atoms with van der Waals surface area (Å²) < 4.78 is 0.675. The lowest BCUT2D eigenvalue weighted by Crippen LogP contribution is -2.65. The van der Waals surface area contributed by atoms with E-state index in [2.05, 4.69) is 0 Å². The van der Waals surface area contributed by atoms with Crippen LogP contribution in [0.25, 0.3) is 5.76 Å². The summed E-state index contributed by atoms with van der Waals surface area (Å²) >= 11 is 2.02. The molecule has 10 nitrogen and oxygen atoms in total. The third kappa shape index (κ3) is 2.74. The molecule has 0 aliphatic heterocycles. The first-order valence-electron chi connectivity index (χ1n) is 9.78.